The Labute approximate surface area is 104 Å². The van der Waals surface area contributed by atoms with Crippen LogP contribution in [0.5, 0.6) is 5.75 Å². The zero-order chi connectivity index (χ0) is 13.5. The predicted molar refractivity (Wildman–Crippen MR) is 61.1 cm³/mol. The van der Waals surface area contributed by atoms with Crippen molar-refractivity contribution < 1.29 is 23.4 Å². The van der Waals surface area contributed by atoms with Gasteiger partial charge in [0.2, 0.25) is 5.91 Å². The quantitative estimate of drug-likeness (QED) is 0.811. The second-order valence-electron chi connectivity index (χ2n) is 3.60. The van der Waals surface area contributed by atoms with E-state index >= 15 is 0 Å². The van der Waals surface area contributed by atoms with E-state index in [0.29, 0.717) is 6.54 Å². The van der Waals surface area contributed by atoms with Crippen molar-refractivity contribution in [2.45, 2.75) is 20.0 Å². The monoisotopic (exact) mass is 259 g/mol. The lowest BCUT2D eigenvalue weighted by Gasteiger charge is -2.09. The first-order valence-electron chi connectivity index (χ1n) is 5.56. The molecule has 1 amide bonds. The summed E-state index contributed by atoms with van der Waals surface area (Å²) in [7, 11) is 0. The second kappa shape index (κ2) is 6.90. The molecule has 4 nitrogen and oxygen atoms in total. The Bertz CT molecular complexity index is 401. The SMILES string of the molecule is CCNC(=O)CCOc1c(F)cc(CO)cc1F. The lowest BCUT2D eigenvalue weighted by atomic mass is 10.2. The van der Waals surface area contributed by atoms with E-state index in [9.17, 15) is 13.6 Å². The predicted octanol–water partition coefficient (Wildman–Crippen LogP) is 1.36. The number of hydrogen-bond donors (Lipinski definition) is 2. The Hall–Kier alpha value is -1.69. The molecule has 0 radical (unpaired) electrons. The van der Waals surface area contributed by atoms with Gasteiger partial charge in [-0.25, -0.2) is 8.78 Å². The average Bonchev–Trinajstić information content (AvgIpc) is 2.32. The number of carbonyl (C=O) groups is 1. The summed E-state index contributed by atoms with van der Waals surface area (Å²) in [6, 6.07) is 1.98. The number of rotatable bonds is 6. The van der Waals surface area contributed by atoms with Gasteiger partial charge in [0.05, 0.1) is 19.6 Å². The standard InChI is InChI=1S/C12H15F2NO3/c1-2-15-11(17)3-4-18-12-9(13)5-8(7-16)6-10(12)14/h5-6,16H,2-4,7H2,1H3,(H,15,17). The first-order valence-corrected chi connectivity index (χ1v) is 5.56. The van der Waals surface area contributed by atoms with Gasteiger partial charge in [0.1, 0.15) is 0 Å². The Morgan fingerprint density at radius 3 is 2.50 bits per heavy atom. The van der Waals surface area contributed by atoms with E-state index in [1.54, 1.807) is 6.92 Å². The molecular formula is C12H15F2NO3. The van der Waals surface area contributed by atoms with Crippen molar-refractivity contribution in [3.8, 4) is 5.75 Å². The van der Waals surface area contributed by atoms with Gasteiger partial charge < -0.3 is 15.2 Å². The van der Waals surface area contributed by atoms with Crippen LogP contribution < -0.4 is 10.1 Å². The number of nitrogens with one attached hydrogen (secondary N) is 1. The molecule has 0 fully saturated rings. The highest BCUT2D eigenvalue weighted by Crippen LogP contribution is 2.23. The fourth-order valence-electron chi connectivity index (χ4n) is 1.37. The highest BCUT2D eigenvalue weighted by Gasteiger charge is 2.13. The summed E-state index contributed by atoms with van der Waals surface area (Å²) in [5.74, 6) is -2.56. The maximum absolute atomic E-state index is 13.4. The molecule has 0 atom stereocenters. The van der Waals surface area contributed by atoms with E-state index < -0.39 is 24.0 Å². The zero-order valence-electron chi connectivity index (χ0n) is 10.0. The van der Waals surface area contributed by atoms with E-state index in [1.165, 1.54) is 0 Å². The van der Waals surface area contributed by atoms with E-state index in [1.807, 2.05) is 0 Å². The molecule has 1 aromatic rings. The number of halogens is 2. The smallest absolute Gasteiger partial charge is 0.223 e. The van der Waals surface area contributed by atoms with Crippen LogP contribution in [0.25, 0.3) is 0 Å². The van der Waals surface area contributed by atoms with Gasteiger partial charge in [-0.1, -0.05) is 0 Å². The van der Waals surface area contributed by atoms with Gasteiger partial charge in [0.15, 0.2) is 17.4 Å². The minimum atomic E-state index is -0.894. The first kappa shape index (κ1) is 14.4. The van der Waals surface area contributed by atoms with Crippen LogP contribution in [-0.4, -0.2) is 24.2 Å². The van der Waals surface area contributed by atoms with Gasteiger partial charge in [0.25, 0.3) is 0 Å². The van der Waals surface area contributed by atoms with Crippen LogP contribution >= 0.6 is 0 Å². The van der Waals surface area contributed by atoms with Gasteiger partial charge in [-0.3, -0.25) is 4.79 Å². The van der Waals surface area contributed by atoms with Gasteiger partial charge in [-0.05, 0) is 24.6 Å². The summed E-state index contributed by atoms with van der Waals surface area (Å²) >= 11 is 0. The van der Waals surface area contributed by atoms with E-state index in [-0.39, 0.29) is 24.5 Å². The molecule has 0 bridgehead atoms. The van der Waals surface area contributed by atoms with E-state index in [0.717, 1.165) is 12.1 Å². The van der Waals surface area contributed by atoms with Crippen LogP contribution in [0.4, 0.5) is 8.78 Å². The van der Waals surface area contributed by atoms with E-state index in [4.69, 9.17) is 9.84 Å². The van der Waals surface area contributed by atoms with Crippen LogP contribution in [0.2, 0.25) is 0 Å². The average molecular weight is 259 g/mol. The van der Waals surface area contributed by atoms with Crippen molar-refractivity contribution >= 4 is 5.91 Å². The highest BCUT2D eigenvalue weighted by atomic mass is 19.1. The fourth-order valence-corrected chi connectivity index (χ4v) is 1.37. The number of hydrogen-bond acceptors (Lipinski definition) is 3. The molecule has 6 heteroatoms. The topological polar surface area (TPSA) is 58.6 Å². The summed E-state index contributed by atoms with van der Waals surface area (Å²) in [5, 5.41) is 11.3. The lowest BCUT2D eigenvalue weighted by Crippen LogP contribution is -2.24. The Morgan fingerprint density at radius 2 is 2.00 bits per heavy atom. The van der Waals surface area contributed by atoms with Crippen molar-refractivity contribution in [3.05, 3.63) is 29.3 Å². The number of carbonyl (C=O) groups excluding carboxylic acids is 1. The number of benzene rings is 1. The molecule has 1 aromatic carbocycles. The third-order valence-electron chi connectivity index (χ3n) is 2.19. The number of aliphatic hydroxyl groups is 1. The summed E-state index contributed by atoms with van der Waals surface area (Å²) in [5.41, 5.74) is 0.126. The van der Waals surface area contributed by atoms with Gasteiger partial charge in [0, 0.05) is 6.54 Å². The largest absolute Gasteiger partial charge is 0.487 e. The van der Waals surface area contributed by atoms with Crippen molar-refractivity contribution in [2.24, 2.45) is 0 Å². The molecule has 0 aliphatic heterocycles. The molecule has 18 heavy (non-hydrogen) atoms. The molecule has 0 aliphatic rings. The molecule has 0 saturated heterocycles. The molecule has 0 saturated carbocycles. The summed E-state index contributed by atoms with van der Waals surface area (Å²) in [6.07, 6.45) is 0.0223. The van der Waals surface area contributed by atoms with Crippen molar-refractivity contribution in [3.63, 3.8) is 0 Å². The van der Waals surface area contributed by atoms with Crippen LogP contribution in [0, 0.1) is 11.6 Å². The second-order valence-corrected chi connectivity index (χ2v) is 3.60. The van der Waals surface area contributed by atoms with Crippen LogP contribution in [-0.2, 0) is 11.4 Å². The summed E-state index contributed by atoms with van der Waals surface area (Å²) < 4.78 is 31.7. The minimum Gasteiger partial charge on any atom is -0.487 e. The molecule has 0 heterocycles. The third kappa shape index (κ3) is 3.96. The zero-order valence-corrected chi connectivity index (χ0v) is 10.0. The van der Waals surface area contributed by atoms with Gasteiger partial charge in [-0.2, -0.15) is 0 Å². The maximum atomic E-state index is 13.4. The normalized spacial score (nSPS) is 10.2. The molecule has 0 unspecified atom stereocenters. The van der Waals surface area contributed by atoms with Gasteiger partial charge in [-0.15, -0.1) is 0 Å². The third-order valence-corrected chi connectivity index (χ3v) is 2.19. The summed E-state index contributed by atoms with van der Waals surface area (Å²) in [4.78, 5) is 11.1. The molecule has 0 aliphatic carbocycles. The lowest BCUT2D eigenvalue weighted by molar-refractivity contribution is -0.121. The van der Waals surface area contributed by atoms with Gasteiger partial charge >= 0.3 is 0 Å². The van der Waals surface area contributed by atoms with Crippen LogP contribution in [0.15, 0.2) is 12.1 Å². The molecule has 0 aromatic heterocycles. The van der Waals surface area contributed by atoms with Crippen LogP contribution in [0.1, 0.15) is 18.9 Å². The Balaban J connectivity index is 2.60. The van der Waals surface area contributed by atoms with Crippen molar-refractivity contribution in [2.75, 3.05) is 13.2 Å². The highest BCUT2D eigenvalue weighted by molar-refractivity contribution is 5.75. The van der Waals surface area contributed by atoms with E-state index in [2.05, 4.69) is 5.32 Å². The minimum absolute atomic E-state index is 0.0223. The number of aliphatic hydroxyl groups excluding tert-OH is 1. The van der Waals surface area contributed by atoms with Crippen LogP contribution in [0.3, 0.4) is 0 Å². The number of amides is 1. The molecule has 0 spiro atoms. The summed E-state index contributed by atoms with van der Waals surface area (Å²) in [6.45, 7) is 1.70. The Kier molecular flexibility index (Phi) is 5.51. The van der Waals surface area contributed by atoms with Crippen molar-refractivity contribution in [1.29, 1.82) is 0 Å². The first-order chi connectivity index (χ1) is 8.58. The maximum Gasteiger partial charge on any atom is 0.223 e. The molecule has 2 N–H and O–H groups in total. The fraction of sp³-hybridized carbons (Fsp3) is 0.417. The van der Waals surface area contributed by atoms with Crippen molar-refractivity contribution in [1.82, 2.24) is 5.32 Å². The molecule has 1 rings (SSSR count). The molecular weight excluding hydrogens is 244 g/mol. The molecule has 100 valence electrons. The number of ether oxygens (including phenoxy) is 1. The Morgan fingerprint density at radius 1 is 1.39 bits per heavy atom.